The molecule has 0 saturated carbocycles. The highest BCUT2D eigenvalue weighted by molar-refractivity contribution is 5.82. The third-order valence-corrected chi connectivity index (χ3v) is 2.55. The first kappa shape index (κ1) is 10.8. The molecule has 1 aromatic rings. The maximum atomic E-state index is 11.7. The number of ether oxygens (including phenoxy) is 2. The van der Waals surface area contributed by atoms with E-state index in [2.05, 4.69) is 5.32 Å². The lowest BCUT2D eigenvalue weighted by molar-refractivity contribution is -0.159. The van der Waals surface area contributed by atoms with E-state index in [1.807, 2.05) is 24.3 Å². The molecule has 1 aliphatic heterocycles. The van der Waals surface area contributed by atoms with Crippen molar-refractivity contribution < 1.29 is 14.3 Å². The van der Waals surface area contributed by atoms with Gasteiger partial charge in [-0.1, -0.05) is 12.1 Å². The number of nitrogens with one attached hydrogen (secondary N) is 1. The summed E-state index contributed by atoms with van der Waals surface area (Å²) in [6.45, 7) is 4.29. The number of anilines is 1. The summed E-state index contributed by atoms with van der Waals surface area (Å²) in [5.41, 5.74) is -0.0334. The number of para-hydroxylation sites is 2. The summed E-state index contributed by atoms with van der Waals surface area (Å²) in [6, 6.07) is 7.54. The van der Waals surface area contributed by atoms with E-state index in [4.69, 9.17) is 9.47 Å². The van der Waals surface area contributed by atoms with Crippen LogP contribution in [0.3, 0.4) is 0 Å². The molecule has 1 heterocycles. The zero-order valence-corrected chi connectivity index (χ0v) is 9.45. The van der Waals surface area contributed by atoms with Crippen LogP contribution in [0.4, 0.5) is 5.69 Å². The molecule has 4 heteroatoms. The third-order valence-electron chi connectivity index (χ3n) is 2.55. The Morgan fingerprint density at radius 2 is 2.31 bits per heavy atom. The monoisotopic (exact) mass is 221 g/mol. The fourth-order valence-corrected chi connectivity index (χ4v) is 1.64. The number of carbonyl (C=O) groups excluding carboxylic acids is 1. The van der Waals surface area contributed by atoms with Crippen LogP contribution in [0.1, 0.15) is 13.8 Å². The Labute approximate surface area is 94.6 Å². The summed E-state index contributed by atoms with van der Waals surface area (Å²) >= 11 is 0. The summed E-state index contributed by atoms with van der Waals surface area (Å²) < 4.78 is 10.7. The second kappa shape index (κ2) is 4.04. The largest absolute Gasteiger partial charge is 0.472 e. The third kappa shape index (κ3) is 1.83. The van der Waals surface area contributed by atoms with Crippen molar-refractivity contribution in [3.63, 3.8) is 0 Å². The topological polar surface area (TPSA) is 47.6 Å². The Hall–Kier alpha value is -1.71. The molecule has 0 aromatic heterocycles. The molecule has 1 aliphatic rings. The maximum Gasteiger partial charge on any atom is 0.352 e. The van der Waals surface area contributed by atoms with Crippen molar-refractivity contribution in [2.24, 2.45) is 0 Å². The van der Waals surface area contributed by atoms with Gasteiger partial charge in [0.2, 0.25) is 5.60 Å². The minimum atomic E-state index is -0.940. The maximum absolute atomic E-state index is 11.7. The van der Waals surface area contributed by atoms with Gasteiger partial charge in [0, 0.05) is 0 Å². The molecule has 4 nitrogen and oxygen atoms in total. The van der Waals surface area contributed by atoms with E-state index >= 15 is 0 Å². The molecule has 1 N–H and O–H groups in total. The Morgan fingerprint density at radius 3 is 3.06 bits per heavy atom. The number of hydrogen-bond acceptors (Lipinski definition) is 4. The Balaban J connectivity index is 2.21. The van der Waals surface area contributed by atoms with Crippen LogP contribution in [0, 0.1) is 0 Å². The average Bonchev–Trinajstić information content (AvgIpc) is 2.29. The van der Waals surface area contributed by atoms with Crippen LogP contribution in [-0.2, 0) is 9.53 Å². The van der Waals surface area contributed by atoms with Gasteiger partial charge in [0.15, 0.2) is 0 Å². The molecule has 0 spiro atoms. The Morgan fingerprint density at radius 1 is 1.56 bits per heavy atom. The van der Waals surface area contributed by atoms with Crippen LogP contribution in [-0.4, -0.2) is 24.7 Å². The molecule has 1 atom stereocenters. The van der Waals surface area contributed by atoms with Gasteiger partial charge < -0.3 is 14.8 Å². The number of carbonyl (C=O) groups is 1. The fourth-order valence-electron chi connectivity index (χ4n) is 1.64. The molecule has 2 rings (SSSR count). The second-order valence-corrected chi connectivity index (χ2v) is 3.90. The normalized spacial score (nSPS) is 22.6. The molecule has 16 heavy (non-hydrogen) atoms. The quantitative estimate of drug-likeness (QED) is 0.774. The van der Waals surface area contributed by atoms with Crippen molar-refractivity contribution in [1.82, 2.24) is 0 Å². The summed E-state index contributed by atoms with van der Waals surface area (Å²) in [4.78, 5) is 11.7. The summed E-state index contributed by atoms with van der Waals surface area (Å²) in [5, 5.41) is 3.17. The van der Waals surface area contributed by atoms with Gasteiger partial charge in [-0.3, -0.25) is 0 Å². The van der Waals surface area contributed by atoms with Gasteiger partial charge in [-0.25, -0.2) is 4.79 Å². The molecule has 0 amide bonds. The van der Waals surface area contributed by atoms with Crippen molar-refractivity contribution in [3.8, 4) is 5.75 Å². The van der Waals surface area contributed by atoms with Crippen LogP contribution in [0.15, 0.2) is 24.3 Å². The van der Waals surface area contributed by atoms with Crippen molar-refractivity contribution in [1.29, 1.82) is 0 Å². The number of hydrogen-bond donors (Lipinski definition) is 1. The van der Waals surface area contributed by atoms with Gasteiger partial charge >= 0.3 is 5.97 Å². The molecule has 0 bridgehead atoms. The second-order valence-electron chi connectivity index (χ2n) is 3.90. The van der Waals surface area contributed by atoms with Gasteiger partial charge in [0.1, 0.15) is 5.75 Å². The Bertz CT molecular complexity index is 405. The van der Waals surface area contributed by atoms with Gasteiger partial charge in [-0.2, -0.15) is 0 Å². The van der Waals surface area contributed by atoms with Gasteiger partial charge in [-0.15, -0.1) is 0 Å². The summed E-state index contributed by atoms with van der Waals surface area (Å²) in [5.74, 6) is 0.348. The first-order chi connectivity index (χ1) is 7.65. The predicted molar refractivity (Wildman–Crippen MR) is 60.6 cm³/mol. The number of rotatable bonds is 2. The molecular weight excluding hydrogens is 206 g/mol. The van der Waals surface area contributed by atoms with Crippen LogP contribution in [0.25, 0.3) is 0 Å². The number of benzene rings is 1. The van der Waals surface area contributed by atoms with E-state index in [-0.39, 0.29) is 5.97 Å². The highest BCUT2D eigenvalue weighted by Crippen LogP contribution is 2.32. The smallest absolute Gasteiger partial charge is 0.352 e. The average molecular weight is 221 g/mol. The van der Waals surface area contributed by atoms with E-state index in [0.29, 0.717) is 18.9 Å². The number of fused-ring (bicyclic) bond motifs is 1. The minimum absolute atomic E-state index is 0.336. The molecule has 0 fully saturated rings. The van der Waals surface area contributed by atoms with Crippen molar-refractivity contribution in [2.75, 3.05) is 18.5 Å². The SMILES string of the molecule is CCOC(=O)[C@]1(C)CNc2ccccc2O1. The fraction of sp³-hybridized carbons (Fsp3) is 0.417. The van der Waals surface area contributed by atoms with Crippen molar-refractivity contribution in [3.05, 3.63) is 24.3 Å². The van der Waals surface area contributed by atoms with Crippen molar-refractivity contribution in [2.45, 2.75) is 19.4 Å². The molecule has 86 valence electrons. The van der Waals surface area contributed by atoms with Crippen LogP contribution >= 0.6 is 0 Å². The molecule has 0 saturated heterocycles. The molecular formula is C12H15NO3. The van der Waals surface area contributed by atoms with Crippen molar-refractivity contribution >= 4 is 11.7 Å². The lowest BCUT2D eigenvalue weighted by atomic mass is 10.0. The standard InChI is InChI=1S/C12H15NO3/c1-3-15-11(14)12(2)8-13-9-6-4-5-7-10(9)16-12/h4-7,13H,3,8H2,1-2H3/t12-/m0/s1. The van der Waals surface area contributed by atoms with Crippen LogP contribution in [0.2, 0.25) is 0 Å². The van der Waals surface area contributed by atoms with E-state index in [1.54, 1.807) is 13.8 Å². The van der Waals surface area contributed by atoms with Gasteiger partial charge in [0.25, 0.3) is 0 Å². The Kier molecular flexibility index (Phi) is 2.73. The first-order valence-electron chi connectivity index (χ1n) is 5.35. The lowest BCUT2D eigenvalue weighted by Gasteiger charge is -2.34. The summed E-state index contributed by atoms with van der Waals surface area (Å²) in [6.07, 6.45) is 0. The molecule has 1 aromatic carbocycles. The highest BCUT2D eigenvalue weighted by Gasteiger charge is 2.40. The first-order valence-corrected chi connectivity index (χ1v) is 5.35. The zero-order chi connectivity index (χ0) is 11.6. The summed E-state index contributed by atoms with van der Waals surface area (Å²) in [7, 11) is 0. The number of esters is 1. The zero-order valence-electron chi connectivity index (χ0n) is 9.45. The van der Waals surface area contributed by atoms with E-state index in [0.717, 1.165) is 5.69 Å². The highest BCUT2D eigenvalue weighted by atomic mass is 16.6. The van der Waals surface area contributed by atoms with Gasteiger partial charge in [0.05, 0.1) is 18.8 Å². The molecule has 0 unspecified atom stereocenters. The van der Waals surface area contributed by atoms with Crippen LogP contribution in [0.5, 0.6) is 5.75 Å². The van der Waals surface area contributed by atoms with Crippen LogP contribution < -0.4 is 10.1 Å². The predicted octanol–water partition coefficient (Wildman–Crippen LogP) is 1.81. The van der Waals surface area contributed by atoms with E-state index in [9.17, 15) is 4.79 Å². The molecule has 0 aliphatic carbocycles. The van der Waals surface area contributed by atoms with E-state index < -0.39 is 5.60 Å². The van der Waals surface area contributed by atoms with Gasteiger partial charge in [-0.05, 0) is 26.0 Å². The molecule has 0 radical (unpaired) electrons. The lowest BCUT2D eigenvalue weighted by Crippen LogP contribution is -2.50. The minimum Gasteiger partial charge on any atom is -0.472 e. The van der Waals surface area contributed by atoms with E-state index in [1.165, 1.54) is 0 Å².